The Bertz CT molecular complexity index is 696. The Balaban J connectivity index is 1.77. The van der Waals surface area contributed by atoms with E-state index in [0.29, 0.717) is 18.5 Å². The van der Waals surface area contributed by atoms with Crippen molar-refractivity contribution in [3.8, 4) is 0 Å². The predicted octanol–water partition coefficient (Wildman–Crippen LogP) is 1.81. The number of nitrogens with one attached hydrogen (secondary N) is 1. The van der Waals surface area contributed by atoms with Crippen LogP contribution in [0, 0.1) is 0 Å². The number of carboxylic acids is 1. The summed E-state index contributed by atoms with van der Waals surface area (Å²) in [4.78, 5) is 27.1. The average Bonchev–Trinajstić information content (AvgIpc) is 2.98. The van der Waals surface area contributed by atoms with Gasteiger partial charge in [0.05, 0.1) is 0 Å². The van der Waals surface area contributed by atoms with Gasteiger partial charge in [-0.2, -0.15) is 0 Å². The molecule has 1 aliphatic heterocycles. The highest BCUT2D eigenvalue weighted by molar-refractivity contribution is 6.03. The first-order valence-corrected chi connectivity index (χ1v) is 6.67. The van der Waals surface area contributed by atoms with Crippen molar-refractivity contribution in [1.82, 2.24) is 4.98 Å². The number of rotatable bonds is 3. The minimum Gasteiger partial charge on any atom is -0.479 e. The summed E-state index contributed by atoms with van der Waals surface area (Å²) in [5, 5.41) is 13.5. The highest BCUT2D eigenvalue weighted by atomic mass is 16.5. The summed E-state index contributed by atoms with van der Waals surface area (Å²) in [6.07, 6.45) is 2.53. The number of hydrogen-bond donors (Lipinski definition) is 2. The molecule has 6 nitrogen and oxygen atoms in total. The molecule has 1 aliphatic rings. The number of aliphatic carboxylic acids is 1. The smallest absolute Gasteiger partial charge is 0.332 e. The highest BCUT2D eigenvalue weighted by Gasteiger charge is 2.34. The molecular formula is C15H14N2O4. The zero-order valence-electron chi connectivity index (χ0n) is 11.2. The van der Waals surface area contributed by atoms with E-state index in [-0.39, 0.29) is 5.91 Å². The molecule has 0 spiro atoms. The molecule has 2 unspecified atom stereocenters. The summed E-state index contributed by atoms with van der Waals surface area (Å²) in [7, 11) is 0. The Kier molecular flexibility index (Phi) is 3.53. The van der Waals surface area contributed by atoms with Crippen molar-refractivity contribution in [2.24, 2.45) is 0 Å². The van der Waals surface area contributed by atoms with Crippen LogP contribution in [0.25, 0.3) is 10.8 Å². The van der Waals surface area contributed by atoms with Crippen molar-refractivity contribution < 1.29 is 19.4 Å². The van der Waals surface area contributed by atoms with E-state index in [1.807, 2.05) is 18.2 Å². The van der Waals surface area contributed by atoms with Crippen LogP contribution in [0.1, 0.15) is 12.8 Å². The quantitative estimate of drug-likeness (QED) is 0.898. The Morgan fingerprint density at radius 1 is 1.24 bits per heavy atom. The lowest BCUT2D eigenvalue weighted by molar-refractivity contribution is -0.150. The topological polar surface area (TPSA) is 88.5 Å². The molecular weight excluding hydrogens is 272 g/mol. The molecule has 0 bridgehead atoms. The lowest BCUT2D eigenvalue weighted by Gasteiger charge is -2.13. The van der Waals surface area contributed by atoms with Crippen LogP contribution < -0.4 is 5.32 Å². The number of carboxylic acid groups (broad SMARTS) is 1. The predicted molar refractivity (Wildman–Crippen MR) is 75.9 cm³/mol. The van der Waals surface area contributed by atoms with Crippen molar-refractivity contribution in [2.75, 3.05) is 5.32 Å². The third-order valence-electron chi connectivity index (χ3n) is 3.53. The normalized spacial score (nSPS) is 21.3. The fourth-order valence-corrected chi connectivity index (χ4v) is 2.46. The number of hydrogen-bond acceptors (Lipinski definition) is 4. The van der Waals surface area contributed by atoms with Gasteiger partial charge < -0.3 is 15.2 Å². The van der Waals surface area contributed by atoms with Crippen LogP contribution in [0.4, 0.5) is 5.69 Å². The summed E-state index contributed by atoms with van der Waals surface area (Å²) in [6.45, 7) is 0. The Hall–Kier alpha value is -2.47. The lowest BCUT2D eigenvalue weighted by atomic mass is 10.1. The monoisotopic (exact) mass is 286 g/mol. The fourth-order valence-electron chi connectivity index (χ4n) is 2.46. The van der Waals surface area contributed by atoms with Gasteiger partial charge in [-0.25, -0.2) is 4.79 Å². The second-order valence-corrected chi connectivity index (χ2v) is 4.92. The third-order valence-corrected chi connectivity index (χ3v) is 3.53. The molecule has 0 radical (unpaired) electrons. The van der Waals surface area contributed by atoms with Crippen LogP contribution in [-0.4, -0.2) is 34.2 Å². The SMILES string of the molecule is O=C(O)C1CCC(C(=O)Nc2cccc3cnccc23)O1. The van der Waals surface area contributed by atoms with Gasteiger partial charge in [-0.1, -0.05) is 12.1 Å². The molecule has 21 heavy (non-hydrogen) atoms. The van der Waals surface area contributed by atoms with E-state index in [0.717, 1.165) is 10.8 Å². The molecule has 6 heteroatoms. The zero-order valence-corrected chi connectivity index (χ0v) is 11.2. The molecule has 1 saturated heterocycles. The van der Waals surface area contributed by atoms with Crippen LogP contribution in [0.2, 0.25) is 0 Å². The zero-order chi connectivity index (χ0) is 14.8. The van der Waals surface area contributed by atoms with Crippen LogP contribution >= 0.6 is 0 Å². The highest BCUT2D eigenvalue weighted by Crippen LogP contribution is 2.25. The molecule has 3 rings (SSSR count). The van der Waals surface area contributed by atoms with Crippen molar-refractivity contribution >= 4 is 28.3 Å². The Morgan fingerprint density at radius 2 is 2.05 bits per heavy atom. The van der Waals surface area contributed by atoms with Gasteiger partial charge in [0.1, 0.15) is 6.10 Å². The molecule has 1 aromatic carbocycles. The third kappa shape index (κ3) is 2.71. The number of nitrogens with zero attached hydrogens (tertiary/aromatic N) is 1. The van der Waals surface area contributed by atoms with Crippen LogP contribution in [-0.2, 0) is 14.3 Å². The first kappa shape index (κ1) is 13.5. The van der Waals surface area contributed by atoms with E-state index in [4.69, 9.17) is 9.84 Å². The van der Waals surface area contributed by atoms with Gasteiger partial charge in [0, 0.05) is 28.9 Å². The van der Waals surface area contributed by atoms with Crippen LogP contribution in [0.15, 0.2) is 36.7 Å². The first-order valence-electron chi connectivity index (χ1n) is 6.67. The fraction of sp³-hybridized carbons (Fsp3) is 0.267. The summed E-state index contributed by atoms with van der Waals surface area (Å²) in [5.41, 5.74) is 0.669. The van der Waals surface area contributed by atoms with Gasteiger partial charge in [0.25, 0.3) is 5.91 Å². The molecule has 1 aromatic heterocycles. The van der Waals surface area contributed by atoms with E-state index in [9.17, 15) is 9.59 Å². The minimum atomic E-state index is -1.03. The number of ether oxygens (including phenoxy) is 1. The number of amides is 1. The summed E-state index contributed by atoms with van der Waals surface area (Å²) in [5.74, 6) is -1.34. The van der Waals surface area contributed by atoms with E-state index in [1.165, 1.54) is 0 Å². The summed E-state index contributed by atoms with van der Waals surface area (Å²) < 4.78 is 5.24. The van der Waals surface area contributed by atoms with E-state index in [1.54, 1.807) is 18.5 Å². The average molecular weight is 286 g/mol. The molecule has 2 heterocycles. The number of aromatic nitrogens is 1. The van der Waals surface area contributed by atoms with Crippen molar-refractivity contribution in [2.45, 2.75) is 25.0 Å². The number of benzene rings is 1. The van der Waals surface area contributed by atoms with Gasteiger partial charge in [0.15, 0.2) is 6.10 Å². The number of carbonyl (C=O) groups is 2. The molecule has 108 valence electrons. The van der Waals surface area contributed by atoms with E-state index < -0.39 is 18.2 Å². The summed E-state index contributed by atoms with van der Waals surface area (Å²) in [6, 6.07) is 7.35. The van der Waals surface area contributed by atoms with Gasteiger partial charge in [0.2, 0.25) is 0 Å². The first-order chi connectivity index (χ1) is 10.1. The number of carbonyl (C=O) groups excluding carboxylic acids is 1. The molecule has 2 N–H and O–H groups in total. The molecule has 0 aliphatic carbocycles. The minimum absolute atomic E-state index is 0.317. The standard InChI is InChI=1S/C15H14N2O4/c18-14(12-4-5-13(21-12)15(19)20)17-11-3-1-2-9-8-16-7-6-10(9)11/h1-3,6-8,12-13H,4-5H2,(H,17,18)(H,19,20). The lowest BCUT2D eigenvalue weighted by Crippen LogP contribution is -2.30. The van der Waals surface area contributed by atoms with E-state index in [2.05, 4.69) is 10.3 Å². The number of anilines is 1. The van der Waals surface area contributed by atoms with Gasteiger partial charge in [-0.15, -0.1) is 0 Å². The molecule has 0 saturated carbocycles. The second-order valence-electron chi connectivity index (χ2n) is 4.92. The number of pyridine rings is 1. The maximum Gasteiger partial charge on any atom is 0.332 e. The molecule has 1 fully saturated rings. The van der Waals surface area contributed by atoms with E-state index >= 15 is 0 Å². The second kappa shape index (κ2) is 5.49. The summed E-state index contributed by atoms with van der Waals surface area (Å²) >= 11 is 0. The maximum absolute atomic E-state index is 12.2. The van der Waals surface area contributed by atoms with Crippen molar-refractivity contribution in [1.29, 1.82) is 0 Å². The Morgan fingerprint density at radius 3 is 2.81 bits per heavy atom. The Labute approximate surface area is 120 Å². The van der Waals surface area contributed by atoms with Gasteiger partial charge >= 0.3 is 5.97 Å². The maximum atomic E-state index is 12.2. The molecule has 2 aromatic rings. The van der Waals surface area contributed by atoms with Crippen LogP contribution in [0.5, 0.6) is 0 Å². The van der Waals surface area contributed by atoms with Crippen molar-refractivity contribution in [3.05, 3.63) is 36.7 Å². The molecule has 2 atom stereocenters. The van der Waals surface area contributed by atoms with Gasteiger partial charge in [-0.05, 0) is 25.0 Å². The van der Waals surface area contributed by atoms with Gasteiger partial charge in [-0.3, -0.25) is 9.78 Å². The largest absolute Gasteiger partial charge is 0.479 e. The van der Waals surface area contributed by atoms with Crippen molar-refractivity contribution in [3.63, 3.8) is 0 Å². The number of fused-ring (bicyclic) bond motifs is 1. The van der Waals surface area contributed by atoms with Crippen LogP contribution in [0.3, 0.4) is 0 Å². The molecule has 1 amide bonds.